The maximum Gasteiger partial charge on any atom is 0.338 e. The summed E-state index contributed by atoms with van der Waals surface area (Å²) in [6, 6.07) is 14.2. The van der Waals surface area contributed by atoms with Crippen LogP contribution in [0.1, 0.15) is 27.0 Å². The van der Waals surface area contributed by atoms with Crippen LogP contribution in [-0.2, 0) is 9.53 Å². The summed E-state index contributed by atoms with van der Waals surface area (Å²) in [4.78, 5) is 24.3. The van der Waals surface area contributed by atoms with E-state index in [1.807, 2.05) is 38.1 Å². The third-order valence-electron chi connectivity index (χ3n) is 3.75. The summed E-state index contributed by atoms with van der Waals surface area (Å²) in [5.41, 5.74) is 3.12. The van der Waals surface area contributed by atoms with Gasteiger partial charge in [0.2, 0.25) is 0 Å². The van der Waals surface area contributed by atoms with Crippen molar-refractivity contribution >= 4 is 23.6 Å². The molecule has 126 valence electrons. The van der Waals surface area contributed by atoms with Crippen molar-refractivity contribution in [3.8, 4) is 6.07 Å². The zero-order valence-electron chi connectivity index (χ0n) is 14.3. The molecule has 0 aliphatic rings. The minimum Gasteiger partial charge on any atom is -0.465 e. The van der Waals surface area contributed by atoms with Crippen molar-refractivity contribution in [2.45, 2.75) is 13.8 Å². The lowest BCUT2D eigenvalue weighted by Crippen LogP contribution is -2.15. The number of esters is 1. The summed E-state index contributed by atoms with van der Waals surface area (Å²) < 4.78 is 4.73. The minimum absolute atomic E-state index is 0.0981. The molecule has 0 aromatic heterocycles. The van der Waals surface area contributed by atoms with E-state index in [-0.39, 0.29) is 11.1 Å². The second kappa shape index (κ2) is 7.93. The largest absolute Gasteiger partial charge is 0.465 e. The number of para-hydroxylation sites is 1. The predicted octanol–water partition coefficient (Wildman–Crippen LogP) is 3.64. The van der Waals surface area contributed by atoms with Crippen LogP contribution in [0.5, 0.6) is 0 Å². The molecular weight excluding hydrogens is 316 g/mol. The third-order valence-corrected chi connectivity index (χ3v) is 3.75. The highest BCUT2D eigenvalue weighted by Gasteiger charge is 2.15. The maximum atomic E-state index is 12.5. The molecule has 2 aromatic rings. The monoisotopic (exact) mass is 334 g/mol. The molecule has 0 saturated heterocycles. The molecule has 1 N–H and O–H groups in total. The average Bonchev–Trinajstić information content (AvgIpc) is 2.62. The van der Waals surface area contributed by atoms with Gasteiger partial charge >= 0.3 is 5.97 Å². The van der Waals surface area contributed by atoms with Gasteiger partial charge in [-0.3, -0.25) is 4.79 Å². The van der Waals surface area contributed by atoms with Crippen LogP contribution in [0, 0.1) is 25.2 Å². The highest BCUT2D eigenvalue weighted by molar-refractivity contribution is 6.11. The summed E-state index contributed by atoms with van der Waals surface area (Å²) in [7, 11) is 1.28. The molecule has 0 aliphatic carbocycles. The Bertz CT molecular complexity index is 872. The minimum atomic E-state index is -0.528. The fraction of sp³-hybridized carbons (Fsp3) is 0.150. The van der Waals surface area contributed by atoms with Crippen molar-refractivity contribution in [2.24, 2.45) is 0 Å². The molecule has 5 heteroatoms. The zero-order valence-corrected chi connectivity index (χ0v) is 14.3. The van der Waals surface area contributed by atoms with E-state index in [1.54, 1.807) is 24.3 Å². The van der Waals surface area contributed by atoms with Gasteiger partial charge in [-0.1, -0.05) is 36.4 Å². The van der Waals surface area contributed by atoms with Gasteiger partial charge < -0.3 is 10.1 Å². The van der Waals surface area contributed by atoms with E-state index in [4.69, 9.17) is 4.74 Å². The lowest BCUT2D eigenvalue weighted by atomic mass is 10.0. The Balaban J connectivity index is 2.37. The van der Waals surface area contributed by atoms with Gasteiger partial charge in [-0.15, -0.1) is 0 Å². The van der Waals surface area contributed by atoms with Crippen molar-refractivity contribution in [3.05, 3.63) is 70.3 Å². The number of aryl methyl sites for hydroxylation is 2. The topological polar surface area (TPSA) is 79.2 Å². The first kappa shape index (κ1) is 18.0. The Morgan fingerprint density at radius 1 is 1.08 bits per heavy atom. The highest BCUT2D eigenvalue weighted by atomic mass is 16.5. The number of carbonyl (C=O) groups excluding carboxylic acids is 2. The first-order chi connectivity index (χ1) is 12.0. The summed E-state index contributed by atoms with van der Waals surface area (Å²) in [5.74, 6) is -1.06. The van der Waals surface area contributed by atoms with E-state index in [2.05, 4.69) is 5.32 Å². The molecule has 0 unspecified atom stereocenters. The van der Waals surface area contributed by atoms with Crippen LogP contribution in [0.25, 0.3) is 6.08 Å². The number of nitriles is 1. The van der Waals surface area contributed by atoms with Crippen LogP contribution in [0.15, 0.2) is 48.0 Å². The fourth-order valence-corrected chi connectivity index (χ4v) is 2.42. The predicted molar refractivity (Wildman–Crippen MR) is 95.9 cm³/mol. The van der Waals surface area contributed by atoms with Crippen molar-refractivity contribution in [1.82, 2.24) is 0 Å². The Hall–Kier alpha value is -3.39. The molecule has 1 amide bonds. The van der Waals surface area contributed by atoms with Crippen molar-refractivity contribution in [1.29, 1.82) is 5.26 Å². The van der Waals surface area contributed by atoms with Crippen molar-refractivity contribution in [3.63, 3.8) is 0 Å². The third kappa shape index (κ3) is 4.12. The molecule has 0 atom stereocenters. The summed E-state index contributed by atoms with van der Waals surface area (Å²) in [6.45, 7) is 3.76. The Morgan fingerprint density at radius 2 is 1.72 bits per heavy atom. The van der Waals surface area contributed by atoms with E-state index in [1.165, 1.54) is 13.2 Å². The average molecular weight is 334 g/mol. The van der Waals surface area contributed by atoms with Gasteiger partial charge in [0.05, 0.1) is 12.7 Å². The van der Waals surface area contributed by atoms with E-state index in [0.717, 1.165) is 11.1 Å². The normalized spacial score (nSPS) is 10.7. The molecule has 0 radical (unpaired) electrons. The van der Waals surface area contributed by atoms with Crippen molar-refractivity contribution in [2.75, 3.05) is 12.4 Å². The first-order valence-electron chi connectivity index (χ1n) is 7.64. The first-order valence-corrected chi connectivity index (χ1v) is 7.64. The summed E-state index contributed by atoms with van der Waals surface area (Å²) >= 11 is 0. The Kier molecular flexibility index (Phi) is 5.70. The second-order valence-electron chi connectivity index (χ2n) is 5.47. The molecule has 0 heterocycles. The number of rotatable bonds is 4. The Morgan fingerprint density at radius 3 is 2.32 bits per heavy atom. The van der Waals surface area contributed by atoms with Gasteiger partial charge in [0.15, 0.2) is 0 Å². The SMILES string of the molecule is COC(=O)c1ccccc1/C=C(\C#N)C(=O)Nc1c(C)cccc1C. The van der Waals surface area contributed by atoms with Crippen molar-refractivity contribution < 1.29 is 14.3 Å². The van der Waals surface area contributed by atoms with E-state index >= 15 is 0 Å². The van der Waals surface area contributed by atoms with E-state index in [9.17, 15) is 14.9 Å². The lowest BCUT2D eigenvalue weighted by molar-refractivity contribution is -0.112. The summed E-state index contributed by atoms with van der Waals surface area (Å²) in [6.07, 6.45) is 1.38. The molecule has 0 fully saturated rings. The lowest BCUT2D eigenvalue weighted by Gasteiger charge is -2.11. The number of hydrogen-bond acceptors (Lipinski definition) is 4. The summed E-state index contributed by atoms with van der Waals surface area (Å²) in [5, 5.41) is 12.1. The van der Waals surface area contributed by atoms with E-state index in [0.29, 0.717) is 11.3 Å². The van der Waals surface area contributed by atoms with Crippen LogP contribution in [0.3, 0.4) is 0 Å². The van der Waals surface area contributed by atoms with Gasteiger partial charge in [-0.2, -0.15) is 5.26 Å². The number of nitrogens with one attached hydrogen (secondary N) is 1. The van der Waals surface area contributed by atoms with Gasteiger partial charge in [0.1, 0.15) is 11.6 Å². The van der Waals surface area contributed by atoms with Crippen LogP contribution in [0.4, 0.5) is 5.69 Å². The molecule has 25 heavy (non-hydrogen) atoms. The maximum absolute atomic E-state index is 12.5. The Labute approximate surface area is 146 Å². The van der Waals surface area contributed by atoms with Gasteiger partial charge in [-0.25, -0.2) is 4.79 Å². The number of anilines is 1. The standard InChI is InChI=1S/C20H18N2O3/c1-13-7-6-8-14(2)18(13)22-19(23)16(12-21)11-15-9-4-5-10-17(15)20(24)25-3/h4-11H,1-3H3,(H,22,23)/b16-11+. The number of hydrogen-bond donors (Lipinski definition) is 1. The smallest absolute Gasteiger partial charge is 0.338 e. The zero-order chi connectivity index (χ0) is 18.4. The molecule has 5 nitrogen and oxygen atoms in total. The quantitative estimate of drug-likeness (QED) is 0.526. The number of ether oxygens (including phenoxy) is 1. The molecule has 2 aromatic carbocycles. The number of amides is 1. The van der Waals surface area contributed by atoms with Crippen LogP contribution < -0.4 is 5.32 Å². The number of benzene rings is 2. The molecule has 0 bridgehead atoms. The number of carbonyl (C=O) groups is 2. The van der Waals surface area contributed by atoms with Gasteiger partial charge in [-0.05, 0) is 42.7 Å². The van der Waals surface area contributed by atoms with Crippen LogP contribution in [-0.4, -0.2) is 19.0 Å². The van der Waals surface area contributed by atoms with Crippen LogP contribution >= 0.6 is 0 Å². The van der Waals surface area contributed by atoms with Gasteiger partial charge in [0, 0.05) is 5.69 Å². The second-order valence-corrected chi connectivity index (χ2v) is 5.47. The fourth-order valence-electron chi connectivity index (χ4n) is 2.42. The number of methoxy groups -OCH3 is 1. The van der Waals surface area contributed by atoms with Gasteiger partial charge in [0.25, 0.3) is 5.91 Å². The van der Waals surface area contributed by atoms with Crippen LogP contribution in [0.2, 0.25) is 0 Å². The number of nitrogens with zero attached hydrogens (tertiary/aromatic N) is 1. The molecule has 2 rings (SSSR count). The highest BCUT2D eigenvalue weighted by Crippen LogP contribution is 2.21. The molecule has 0 saturated carbocycles. The molecule has 0 aliphatic heterocycles. The molecular formula is C20H18N2O3. The van der Waals surface area contributed by atoms with E-state index < -0.39 is 11.9 Å². The molecule has 0 spiro atoms.